The number of benzene rings is 1. The van der Waals surface area contributed by atoms with E-state index in [1.165, 1.54) is 0 Å². The predicted molar refractivity (Wildman–Crippen MR) is 109 cm³/mol. The molecule has 0 spiro atoms. The van der Waals surface area contributed by atoms with E-state index in [2.05, 4.69) is 35.7 Å². The van der Waals surface area contributed by atoms with Gasteiger partial charge in [-0.25, -0.2) is 0 Å². The summed E-state index contributed by atoms with van der Waals surface area (Å²) in [6, 6.07) is 9.89. The van der Waals surface area contributed by atoms with Crippen LogP contribution in [0.2, 0.25) is 0 Å². The Morgan fingerprint density at radius 3 is 2.50 bits per heavy atom. The fraction of sp³-hybridized carbons (Fsp3) is 0.562. The fourth-order valence-corrected chi connectivity index (χ4v) is 1.79. The summed E-state index contributed by atoms with van der Waals surface area (Å²) in [4.78, 5) is 4.23. The van der Waals surface area contributed by atoms with Gasteiger partial charge in [-0.3, -0.25) is 4.99 Å². The van der Waals surface area contributed by atoms with Gasteiger partial charge in [0.15, 0.2) is 5.96 Å². The first kappa shape index (κ1) is 21.4. The maximum absolute atomic E-state index is 5.65. The van der Waals surface area contributed by atoms with Gasteiger partial charge in [0, 0.05) is 24.9 Å². The van der Waals surface area contributed by atoms with Crippen LogP contribution in [0.5, 0.6) is 5.75 Å². The van der Waals surface area contributed by atoms with Crippen LogP contribution in [-0.2, 0) is 0 Å². The molecule has 22 heavy (non-hydrogen) atoms. The highest BCUT2D eigenvalue weighted by Crippen LogP contribution is 2.19. The second-order valence-electron chi connectivity index (χ2n) is 5.33. The molecule has 6 heteroatoms. The van der Waals surface area contributed by atoms with Crippen LogP contribution in [0.4, 0.5) is 0 Å². The van der Waals surface area contributed by atoms with E-state index in [4.69, 9.17) is 4.74 Å². The van der Waals surface area contributed by atoms with Crippen LogP contribution in [0.1, 0.15) is 20.3 Å². The smallest absolute Gasteiger partial charge is 0.191 e. The highest BCUT2D eigenvalue weighted by molar-refractivity contribution is 14.0. The molecule has 2 N–H and O–H groups in total. The van der Waals surface area contributed by atoms with Gasteiger partial charge >= 0.3 is 0 Å². The fourth-order valence-electron chi connectivity index (χ4n) is 1.58. The average Bonchev–Trinajstić information content (AvgIpc) is 2.51. The molecule has 0 bridgehead atoms. The minimum Gasteiger partial charge on any atom is -0.494 e. The molecule has 0 unspecified atom stereocenters. The Morgan fingerprint density at radius 2 is 1.91 bits per heavy atom. The molecule has 1 aromatic rings. The largest absolute Gasteiger partial charge is 0.494 e. The van der Waals surface area contributed by atoms with Gasteiger partial charge < -0.3 is 15.4 Å². The van der Waals surface area contributed by atoms with Crippen molar-refractivity contribution in [2.24, 2.45) is 4.99 Å². The van der Waals surface area contributed by atoms with E-state index in [0.717, 1.165) is 31.2 Å². The maximum Gasteiger partial charge on any atom is 0.191 e. The number of guanidine groups is 1. The number of rotatable bonds is 8. The van der Waals surface area contributed by atoms with E-state index in [0.29, 0.717) is 6.61 Å². The maximum atomic E-state index is 5.65. The van der Waals surface area contributed by atoms with Crippen molar-refractivity contribution in [2.75, 3.05) is 33.0 Å². The minimum absolute atomic E-state index is 0. The summed E-state index contributed by atoms with van der Waals surface area (Å²) in [6.45, 7) is 6.85. The molecule has 126 valence electrons. The normalized spacial score (nSPS) is 11.5. The van der Waals surface area contributed by atoms with E-state index in [-0.39, 0.29) is 28.7 Å². The number of hydrogen-bond acceptors (Lipinski definition) is 3. The second kappa shape index (κ2) is 11.9. The predicted octanol–water partition coefficient (Wildman–Crippen LogP) is 3.38. The standard InChI is InChI=1S/C16H27N3OS.HI/c1-16(2,21-4)13-19-15(17-3)18-11-8-12-20-14-9-6-5-7-10-14;/h5-7,9-10H,8,11-13H2,1-4H3,(H2,17,18,19);1H. The molecule has 0 aliphatic rings. The van der Waals surface area contributed by atoms with Crippen molar-refractivity contribution in [1.82, 2.24) is 10.6 Å². The summed E-state index contributed by atoms with van der Waals surface area (Å²) < 4.78 is 5.85. The lowest BCUT2D eigenvalue weighted by Gasteiger charge is -2.23. The molecule has 0 aliphatic heterocycles. The molecule has 0 heterocycles. The number of aliphatic imine (C=N–C) groups is 1. The van der Waals surface area contributed by atoms with Crippen molar-refractivity contribution in [3.8, 4) is 5.75 Å². The van der Waals surface area contributed by atoms with Gasteiger partial charge in [-0.15, -0.1) is 24.0 Å². The highest BCUT2D eigenvalue weighted by Gasteiger charge is 2.15. The third-order valence-corrected chi connectivity index (χ3v) is 4.33. The number of thioether (sulfide) groups is 1. The van der Waals surface area contributed by atoms with Crippen molar-refractivity contribution in [3.63, 3.8) is 0 Å². The molecule has 0 saturated carbocycles. The van der Waals surface area contributed by atoms with E-state index in [9.17, 15) is 0 Å². The van der Waals surface area contributed by atoms with Crippen LogP contribution >= 0.6 is 35.7 Å². The van der Waals surface area contributed by atoms with Crippen LogP contribution in [0.25, 0.3) is 0 Å². The summed E-state index contributed by atoms with van der Waals surface area (Å²) in [5.74, 6) is 1.76. The third kappa shape index (κ3) is 9.40. The van der Waals surface area contributed by atoms with Crippen LogP contribution in [0.15, 0.2) is 35.3 Å². The number of nitrogens with one attached hydrogen (secondary N) is 2. The zero-order valence-electron chi connectivity index (χ0n) is 13.9. The molecule has 0 aromatic heterocycles. The van der Waals surface area contributed by atoms with Gasteiger partial charge in [-0.1, -0.05) is 18.2 Å². The Kier molecular flexibility index (Phi) is 11.5. The first-order valence-electron chi connectivity index (χ1n) is 7.25. The molecule has 0 amide bonds. The topological polar surface area (TPSA) is 45.7 Å². The zero-order chi connectivity index (χ0) is 15.6. The highest BCUT2D eigenvalue weighted by atomic mass is 127. The molecule has 0 fully saturated rings. The van der Waals surface area contributed by atoms with Crippen molar-refractivity contribution >= 4 is 41.7 Å². The first-order chi connectivity index (χ1) is 10.1. The molecule has 1 rings (SSSR count). The Balaban J connectivity index is 0.00000441. The minimum atomic E-state index is 0. The van der Waals surface area contributed by atoms with Crippen LogP contribution < -0.4 is 15.4 Å². The third-order valence-electron chi connectivity index (χ3n) is 3.08. The SMILES string of the molecule is CN=C(NCCCOc1ccccc1)NCC(C)(C)SC.I. The van der Waals surface area contributed by atoms with Gasteiger partial charge in [-0.2, -0.15) is 11.8 Å². The van der Waals surface area contributed by atoms with Crippen molar-refractivity contribution in [3.05, 3.63) is 30.3 Å². The van der Waals surface area contributed by atoms with Gasteiger partial charge in [0.1, 0.15) is 5.75 Å². The summed E-state index contributed by atoms with van der Waals surface area (Å²) in [7, 11) is 1.79. The summed E-state index contributed by atoms with van der Waals surface area (Å²) in [5, 5.41) is 6.65. The first-order valence-corrected chi connectivity index (χ1v) is 8.47. The Morgan fingerprint density at radius 1 is 1.23 bits per heavy atom. The van der Waals surface area contributed by atoms with Gasteiger partial charge in [0.25, 0.3) is 0 Å². The van der Waals surface area contributed by atoms with Crippen molar-refractivity contribution < 1.29 is 4.74 Å². The molecular formula is C16H28IN3OS. The summed E-state index contributed by atoms with van der Waals surface area (Å²) in [5.41, 5.74) is 0. The van der Waals surface area contributed by atoms with Crippen LogP contribution in [0, 0.1) is 0 Å². The molecule has 4 nitrogen and oxygen atoms in total. The molecule has 0 atom stereocenters. The average molecular weight is 437 g/mol. The Bertz CT molecular complexity index is 427. The van der Waals surface area contributed by atoms with E-state index >= 15 is 0 Å². The lowest BCUT2D eigenvalue weighted by molar-refractivity contribution is 0.311. The van der Waals surface area contributed by atoms with E-state index in [1.807, 2.05) is 42.1 Å². The summed E-state index contributed by atoms with van der Waals surface area (Å²) >= 11 is 1.84. The van der Waals surface area contributed by atoms with Crippen LogP contribution in [-0.4, -0.2) is 43.7 Å². The number of nitrogens with zero attached hydrogens (tertiary/aromatic N) is 1. The quantitative estimate of drug-likeness (QED) is 0.283. The molecule has 0 saturated heterocycles. The summed E-state index contributed by atoms with van der Waals surface area (Å²) in [6.07, 6.45) is 3.06. The van der Waals surface area contributed by atoms with E-state index < -0.39 is 0 Å². The van der Waals surface area contributed by atoms with Crippen molar-refractivity contribution in [2.45, 2.75) is 25.0 Å². The van der Waals surface area contributed by atoms with Gasteiger partial charge in [0.2, 0.25) is 0 Å². The second-order valence-corrected chi connectivity index (χ2v) is 6.84. The lowest BCUT2D eigenvalue weighted by atomic mass is 10.2. The molecule has 0 aliphatic carbocycles. The van der Waals surface area contributed by atoms with Gasteiger partial charge in [0.05, 0.1) is 6.61 Å². The Hall–Kier alpha value is -0.630. The molecule has 0 radical (unpaired) electrons. The lowest BCUT2D eigenvalue weighted by Crippen LogP contribution is -2.43. The monoisotopic (exact) mass is 437 g/mol. The molecular weight excluding hydrogens is 409 g/mol. The Labute approximate surface area is 155 Å². The van der Waals surface area contributed by atoms with Crippen molar-refractivity contribution in [1.29, 1.82) is 0 Å². The zero-order valence-corrected chi connectivity index (χ0v) is 17.0. The molecule has 1 aromatic carbocycles. The number of hydrogen-bond donors (Lipinski definition) is 2. The number of halogens is 1. The number of ether oxygens (including phenoxy) is 1. The van der Waals surface area contributed by atoms with E-state index in [1.54, 1.807) is 7.05 Å². The van der Waals surface area contributed by atoms with Crippen LogP contribution in [0.3, 0.4) is 0 Å². The van der Waals surface area contributed by atoms with Gasteiger partial charge in [-0.05, 0) is 38.7 Å². The number of para-hydroxylation sites is 1.